The van der Waals surface area contributed by atoms with Gasteiger partial charge < -0.3 is 0 Å². The number of aryl methyl sites for hydroxylation is 1. The van der Waals surface area contributed by atoms with Crippen molar-refractivity contribution in [2.45, 2.75) is 13.3 Å². The van der Waals surface area contributed by atoms with E-state index in [4.69, 9.17) is 11.6 Å². The van der Waals surface area contributed by atoms with Crippen molar-refractivity contribution in [2.24, 2.45) is 0 Å². The first kappa shape index (κ1) is 8.35. The van der Waals surface area contributed by atoms with Gasteiger partial charge >= 0.3 is 0 Å². The smallest absolute Gasteiger partial charge is 0.0438 e. The minimum Gasteiger partial charge on any atom is -0.0985 e. The molecule has 0 saturated carbocycles. The fraction of sp³-hybridized carbons (Fsp3) is 0.200. The van der Waals surface area contributed by atoms with Gasteiger partial charge in [-0.05, 0) is 23.6 Å². The largest absolute Gasteiger partial charge is 0.0985 e. The highest BCUT2D eigenvalue weighted by atomic mass is 35.5. The molecule has 58 valence electrons. The summed E-state index contributed by atoms with van der Waals surface area (Å²) in [5.41, 5.74) is 2.32. The predicted octanol–water partition coefficient (Wildman–Crippen LogP) is 3.55. The van der Waals surface area contributed by atoms with Crippen molar-refractivity contribution in [3.05, 3.63) is 40.9 Å². The van der Waals surface area contributed by atoms with Crippen molar-refractivity contribution in [3.8, 4) is 0 Å². The van der Waals surface area contributed by atoms with Gasteiger partial charge in [-0.1, -0.05) is 43.3 Å². The molecule has 1 aromatic rings. The summed E-state index contributed by atoms with van der Waals surface area (Å²) < 4.78 is 0. The van der Waals surface area contributed by atoms with Crippen molar-refractivity contribution in [1.82, 2.24) is 0 Å². The van der Waals surface area contributed by atoms with Crippen LogP contribution in [-0.2, 0) is 6.42 Å². The maximum atomic E-state index is 5.92. The molecule has 0 aliphatic rings. The van der Waals surface area contributed by atoms with Crippen molar-refractivity contribution in [1.29, 1.82) is 0 Å². The average molecular weight is 167 g/mol. The van der Waals surface area contributed by atoms with E-state index in [-0.39, 0.29) is 0 Å². The second-order valence-corrected chi connectivity index (χ2v) is 2.82. The SMILES string of the molecule is C=Cc1ccc(Cl)c(CC)c1. The van der Waals surface area contributed by atoms with Gasteiger partial charge in [-0.15, -0.1) is 0 Å². The van der Waals surface area contributed by atoms with Gasteiger partial charge in [0.1, 0.15) is 0 Å². The Morgan fingerprint density at radius 1 is 1.55 bits per heavy atom. The number of hydrogen-bond acceptors (Lipinski definition) is 0. The highest BCUT2D eigenvalue weighted by molar-refractivity contribution is 6.31. The van der Waals surface area contributed by atoms with Crippen molar-refractivity contribution in [3.63, 3.8) is 0 Å². The van der Waals surface area contributed by atoms with Crippen LogP contribution in [0.2, 0.25) is 5.02 Å². The molecule has 0 amide bonds. The first-order chi connectivity index (χ1) is 5.27. The van der Waals surface area contributed by atoms with E-state index in [0.29, 0.717) is 0 Å². The lowest BCUT2D eigenvalue weighted by Crippen LogP contribution is -1.82. The molecule has 1 aromatic carbocycles. The standard InChI is InChI=1S/C10H11Cl/c1-3-8-5-6-10(11)9(4-2)7-8/h3,5-7H,1,4H2,2H3. The molecule has 1 heteroatoms. The van der Waals surface area contributed by atoms with Gasteiger partial charge in [-0.3, -0.25) is 0 Å². The van der Waals surface area contributed by atoms with Crippen LogP contribution < -0.4 is 0 Å². The van der Waals surface area contributed by atoms with Crippen LogP contribution >= 0.6 is 11.6 Å². The molecule has 0 fully saturated rings. The van der Waals surface area contributed by atoms with E-state index >= 15 is 0 Å². The van der Waals surface area contributed by atoms with Gasteiger partial charge in [0.2, 0.25) is 0 Å². The lowest BCUT2D eigenvalue weighted by atomic mass is 10.1. The van der Waals surface area contributed by atoms with E-state index in [1.54, 1.807) is 0 Å². The number of halogens is 1. The lowest BCUT2D eigenvalue weighted by molar-refractivity contribution is 1.14. The summed E-state index contributed by atoms with van der Waals surface area (Å²) in [5, 5.41) is 0.845. The topological polar surface area (TPSA) is 0 Å². The van der Waals surface area contributed by atoms with Gasteiger partial charge in [-0.2, -0.15) is 0 Å². The molecule has 0 radical (unpaired) electrons. The zero-order valence-corrected chi connectivity index (χ0v) is 7.36. The third-order valence-corrected chi connectivity index (χ3v) is 2.06. The van der Waals surface area contributed by atoms with Crippen molar-refractivity contribution in [2.75, 3.05) is 0 Å². The minimum atomic E-state index is 0.845. The summed E-state index contributed by atoms with van der Waals surface area (Å²) >= 11 is 5.92. The molecule has 0 N–H and O–H groups in total. The van der Waals surface area contributed by atoms with Crippen LogP contribution in [0.25, 0.3) is 6.08 Å². The molecule has 0 bridgehead atoms. The van der Waals surface area contributed by atoms with Gasteiger partial charge in [0.15, 0.2) is 0 Å². The average Bonchev–Trinajstić information content (AvgIpc) is 2.05. The summed E-state index contributed by atoms with van der Waals surface area (Å²) in [5.74, 6) is 0. The molecule has 1 rings (SSSR count). The van der Waals surface area contributed by atoms with Gasteiger partial charge in [0.05, 0.1) is 0 Å². The molecule has 0 unspecified atom stereocenters. The van der Waals surface area contributed by atoms with Crippen LogP contribution in [0.5, 0.6) is 0 Å². The quantitative estimate of drug-likeness (QED) is 0.631. The highest BCUT2D eigenvalue weighted by Crippen LogP contribution is 2.18. The molecule has 0 heterocycles. The Morgan fingerprint density at radius 3 is 2.82 bits per heavy atom. The zero-order valence-electron chi connectivity index (χ0n) is 6.60. The van der Waals surface area contributed by atoms with Crippen LogP contribution in [-0.4, -0.2) is 0 Å². The summed E-state index contributed by atoms with van der Waals surface area (Å²) in [6.07, 6.45) is 2.80. The molecule has 0 saturated heterocycles. The molecule has 0 nitrogen and oxygen atoms in total. The normalized spacial score (nSPS) is 9.64. The number of hydrogen-bond donors (Lipinski definition) is 0. The van der Waals surface area contributed by atoms with Crippen LogP contribution in [0.4, 0.5) is 0 Å². The fourth-order valence-corrected chi connectivity index (χ4v) is 1.24. The fourth-order valence-electron chi connectivity index (χ4n) is 0.993. The predicted molar refractivity (Wildman–Crippen MR) is 50.9 cm³/mol. The summed E-state index contributed by atoms with van der Waals surface area (Å²) in [7, 11) is 0. The lowest BCUT2D eigenvalue weighted by Gasteiger charge is -2.01. The second-order valence-electron chi connectivity index (χ2n) is 2.41. The Labute approximate surface area is 72.5 Å². The molecule has 0 aromatic heterocycles. The minimum absolute atomic E-state index is 0.845. The van der Waals surface area contributed by atoms with Crippen molar-refractivity contribution >= 4 is 17.7 Å². The Bertz CT molecular complexity index is 264. The molecule has 11 heavy (non-hydrogen) atoms. The Morgan fingerprint density at radius 2 is 2.27 bits per heavy atom. The van der Waals surface area contributed by atoms with E-state index < -0.39 is 0 Å². The van der Waals surface area contributed by atoms with E-state index in [1.807, 2.05) is 18.2 Å². The van der Waals surface area contributed by atoms with Crippen LogP contribution in [0.3, 0.4) is 0 Å². The van der Waals surface area contributed by atoms with Crippen LogP contribution in [0.1, 0.15) is 18.1 Å². The molecule has 0 atom stereocenters. The number of rotatable bonds is 2. The van der Waals surface area contributed by atoms with Gasteiger partial charge in [0, 0.05) is 5.02 Å². The zero-order chi connectivity index (χ0) is 8.27. The second kappa shape index (κ2) is 3.59. The van der Waals surface area contributed by atoms with Crippen molar-refractivity contribution < 1.29 is 0 Å². The van der Waals surface area contributed by atoms with E-state index in [9.17, 15) is 0 Å². The maximum Gasteiger partial charge on any atom is 0.0438 e. The van der Waals surface area contributed by atoms with Crippen LogP contribution in [0.15, 0.2) is 24.8 Å². The van der Waals surface area contributed by atoms with E-state index in [0.717, 1.165) is 17.0 Å². The van der Waals surface area contributed by atoms with Gasteiger partial charge in [-0.25, -0.2) is 0 Å². The molecule has 0 spiro atoms. The monoisotopic (exact) mass is 166 g/mol. The van der Waals surface area contributed by atoms with E-state index in [2.05, 4.69) is 19.6 Å². The summed E-state index contributed by atoms with van der Waals surface area (Å²) in [6.45, 7) is 5.78. The van der Waals surface area contributed by atoms with Crippen LogP contribution in [0, 0.1) is 0 Å². The Kier molecular flexibility index (Phi) is 2.72. The molecule has 0 aliphatic carbocycles. The molecular weight excluding hydrogens is 156 g/mol. The Balaban J connectivity index is 3.12. The maximum absolute atomic E-state index is 5.92. The third-order valence-electron chi connectivity index (χ3n) is 1.69. The number of benzene rings is 1. The third kappa shape index (κ3) is 1.84. The van der Waals surface area contributed by atoms with E-state index in [1.165, 1.54) is 5.56 Å². The highest BCUT2D eigenvalue weighted by Gasteiger charge is 1.96. The first-order valence-electron chi connectivity index (χ1n) is 3.68. The molecule has 0 aliphatic heterocycles. The summed E-state index contributed by atoms with van der Waals surface area (Å²) in [6, 6.07) is 5.95. The summed E-state index contributed by atoms with van der Waals surface area (Å²) in [4.78, 5) is 0. The Hall–Kier alpha value is -0.750. The molecular formula is C10H11Cl. The first-order valence-corrected chi connectivity index (χ1v) is 4.06. The van der Waals surface area contributed by atoms with Gasteiger partial charge in [0.25, 0.3) is 0 Å².